The lowest BCUT2D eigenvalue weighted by atomic mass is 10.2. The minimum Gasteiger partial charge on any atom is -0.462 e. The molecule has 28 heavy (non-hydrogen) atoms. The first-order valence-corrected chi connectivity index (χ1v) is 9.03. The molecule has 0 radical (unpaired) electrons. The van der Waals surface area contributed by atoms with E-state index in [1.807, 2.05) is 19.1 Å². The number of hydrogen-bond acceptors (Lipinski definition) is 7. The molecule has 1 heterocycles. The van der Waals surface area contributed by atoms with Gasteiger partial charge in [0.1, 0.15) is 12.0 Å². The predicted octanol–water partition coefficient (Wildman–Crippen LogP) is 4.68. The zero-order chi connectivity index (χ0) is 20.1. The van der Waals surface area contributed by atoms with Crippen LogP contribution in [0.2, 0.25) is 5.02 Å². The Morgan fingerprint density at radius 2 is 1.89 bits per heavy atom. The third kappa shape index (κ3) is 4.50. The molecular weight excluding hydrogens is 378 g/mol. The summed E-state index contributed by atoms with van der Waals surface area (Å²) in [7, 11) is 0. The Morgan fingerprint density at radius 1 is 1.14 bits per heavy atom. The molecule has 144 valence electrons. The Balaban J connectivity index is 1.83. The van der Waals surface area contributed by atoms with E-state index in [0.29, 0.717) is 40.2 Å². The number of esters is 1. The maximum Gasteiger partial charge on any atom is 0.338 e. The Hall–Kier alpha value is -3.32. The van der Waals surface area contributed by atoms with Crippen molar-refractivity contribution in [3.05, 3.63) is 64.9 Å². The molecule has 0 atom stereocenters. The Morgan fingerprint density at radius 3 is 2.61 bits per heavy atom. The lowest BCUT2D eigenvalue weighted by Gasteiger charge is -2.14. The van der Waals surface area contributed by atoms with Crippen LogP contribution < -0.4 is 16.4 Å². The maximum absolute atomic E-state index is 11.9. The van der Waals surface area contributed by atoms with E-state index >= 15 is 0 Å². The van der Waals surface area contributed by atoms with Gasteiger partial charge in [0.25, 0.3) is 0 Å². The van der Waals surface area contributed by atoms with Gasteiger partial charge in [-0.1, -0.05) is 17.7 Å². The minimum absolute atomic E-state index is 0.314. The molecule has 0 aliphatic carbocycles. The maximum atomic E-state index is 11.9. The Kier molecular flexibility index (Phi) is 5.96. The average molecular weight is 398 g/mol. The standard InChI is InChI=1S/C20H20ClN5O2/c1-3-28-20(27)13-5-4-6-15(10-13)25-18-17(22)19(24-11-23-18)26-16-8-7-14(21)9-12(16)2/h4-11H,3,22H2,1-2H3,(H2,23,24,25,26). The number of benzene rings is 2. The van der Waals surface area contributed by atoms with Gasteiger partial charge in [0.2, 0.25) is 0 Å². The number of carbonyl (C=O) groups excluding carboxylic acids is 1. The number of nitrogen functional groups attached to an aromatic ring is 1. The zero-order valence-electron chi connectivity index (χ0n) is 15.5. The van der Waals surface area contributed by atoms with Crippen LogP contribution in [0, 0.1) is 6.92 Å². The third-order valence-electron chi connectivity index (χ3n) is 3.96. The lowest BCUT2D eigenvalue weighted by Crippen LogP contribution is -2.07. The number of nitrogens with zero attached hydrogens (tertiary/aromatic N) is 2. The monoisotopic (exact) mass is 397 g/mol. The number of rotatable bonds is 6. The zero-order valence-corrected chi connectivity index (χ0v) is 16.2. The van der Waals surface area contributed by atoms with Crippen molar-refractivity contribution in [3.63, 3.8) is 0 Å². The highest BCUT2D eigenvalue weighted by molar-refractivity contribution is 6.30. The molecule has 8 heteroatoms. The van der Waals surface area contributed by atoms with E-state index in [-0.39, 0.29) is 5.97 Å². The van der Waals surface area contributed by atoms with Crippen LogP contribution in [0.4, 0.5) is 28.7 Å². The summed E-state index contributed by atoms with van der Waals surface area (Å²) in [5.74, 6) is 0.497. The average Bonchev–Trinajstić information content (AvgIpc) is 2.67. The smallest absolute Gasteiger partial charge is 0.338 e. The molecule has 0 aliphatic rings. The van der Waals surface area contributed by atoms with Crippen LogP contribution >= 0.6 is 11.6 Å². The van der Waals surface area contributed by atoms with Crippen LogP contribution in [0.1, 0.15) is 22.8 Å². The van der Waals surface area contributed by atoms with E-state index in [1.54, 1.807) is 37.3 Å². The van der Waals surface area contributed by atoms with Crippen LogP contribution in [0.3, 0.4) is 0 Å². The highest BCUT2D eigenvalue weighted by Crippen LogP contribution is 2.30. The van der Waals surface area contributed by atoms with Gasteiger partial charge in [-0.2, -0.15) is 0 Å². The first kappa shape index (κ1) is 19.4. The summed E-state index contributed by atoms with van der Waals surface area (Å²) in [6.07, 6.45) is 1.40. The number of aryl methyl sites for hydroxylation is 1. The van der Waals surface area contributed by atoms with Crippen molar-refractivity contribution in [2.75, 3.05) is 23.0 Å². The van der Waals surface area contributed by atoms with Crippen molar-refractivity contribution in [2.24, 2.45) is 0 Å². The Bertz CT molecular complexity index is 1010. The molecule has 0 saturated carbocycles. The second-order valence-corrected chi connectivity index (χ2v) is 6.43. The number of anilines is 5. The molecule has 0 bridgehead atoms. The number of carbonyl (C=O) groups is 1. The van der Waals surface area contributed by atoms with Crippen LogP contribution in [0.5, 0.6) is 0 Å². The largest absolute Gasteiger partial charge is 0.462 e. The predicted molar refractivity (Wildman–Crippen MR) is 112 cm³/mol. The molecule has 4 N–H and O–H groups in total. The van der Waals surface area contributed by atoms with Crippen LogP contribution in [0.25, 0.3) is 0 Å². The summed E-state index contributed by atoms with van der Waals surface area (Å²) >= 11 is 6.00. The second kappa shape index (κ2) is 8.58. The summed E-state index contributed by atoms with van der Waals surface area (Å²) < 4.78 is 5.03. The summed E-state index contributed by atoms with van der Waals surface area (Å²) in [5.41, 5.74) is 9.48. The van der Waals surface area contributed by atoms with Crippen molar-refractivity contribution >= 4 is 46.3 Å². The van der Waals surface area contributed by atoms with Gasteiger partial charge in [0.15, 0.2) is 11.6 Å². The summed E-state index contributed by atoms with van der Waals surface area (Å²) in [5, 5.41) is 6.96. The fourth-order valence-electron chi connectivity index (χ4n) is 2.56. The van der Waals surface area contributed by atoms with Crippen molar-refractivity contribution in [1.82, 2.24) is 9.97 Å². The lowest BCUT2D eigenvalue weighted by molar-refractivity contribution is 0.0526. The van der Waals surface area contributed by atoms with Gasteiger partial charge in [0.05, 0.1) is 12.2 Å². The van der Waals surface area contributed by atoms with Gasteiger partial charge >= 0.3 is 5.97 Å². The fourth-order valence-corrected chi connectivity index (χ4v) is 2.79. The van der Waals surface area contributed by atoms with Crippen LogP contribution in [-0.2, 0) is 4.74 Å². The van der Waals surface area contributed by atoms with Gasteiger partial charge in [-0.15, -0.1) is 0 Å². The SMILES string of the molecule is CCOC(=O)c1cccc(Nc2ncnc(Nc3ccc(Cl)cc3C)c2N)c1. The van der Waals surface area contributed by atoms with Crippen molar-refractivity contribution in [3.8, 4) is 0 Å². The highest BCUT2D eigenvalue weighted by Gasteiger charge is 2.12. The molecule has 1 aromatic heterocycles. The molecule has 0 aliphatic heterocycles. The van der Waals surface area contributed by atoms with Gasteiger partial charge in [-0.3, -0.25) is 0 Å². The summed E-state index contributed by atoms with van der Waals surface area (Å²) in [6.45, 7) is 4.01. The molecule has 0 spiro atoms. The summed E-state index contributed by atoms with van der Waals surface area (Å²) in [6, 6.07) is 12.4. The number of ether oxygens (including phenoxy) is 1. The van der Waals surface area contributed by atoms with Gasteiger partial charge in [-0.25, -0.2) is 14.8 Å². The molecule has 0 saturated heterocycles. The van der Waals surface area contributed by atoms with Crippen LogP contribution in [-0.4, -0.2) is 22.5 Å². The normalized spacial score (nSPS) is 10.4. The molecule has 2 aromatic carbocycles. The number of aromatic nitrogens is 2. The highest BCUT2D eigenvalue weighted by atomic mass is 35.5. The van der Waals surface area contributed by atoms with Gasteiger partial charge in [-0.05, 0) is 55.8 Å². The Labute approximate surface area is 167 Å². The quantitative estimate of drug-likeness (QED) is 0.518. The molecule has 7 nitrogen and oxygen atoms in total. The summed E-state index contributed by atoms with van der Waals surface area (Å²) in [4.78, 5) is 20.3. The number of hydrogen-bond donors (Lipinski definition) is 3. The van der Waals surface area contributed by atoms with E-state index in [2.05, 4.69) is 20.6 Å². The van der Waals surface area contributed by atoms with E-state index in [0.717, 1.165) is 11.3 Å². The van der Waals surface area contributed by atoms with Crippen molar-refractivity contribution < 1.29 is 9.53 Å². The number of nitrogens with two attached hydrogens (primary N) is 1. The van der Waals surface area contributed by atoms with E-state index in [1.165, 1.54) is 6.33 Å². The molecule has 0 fully saturated rings. The second-order valence-electron chi connectivity index (χ2n) is 6.00. The van der Waals surface area contributed by atoms with E-state index in [9.17, 15) is 4.79 Å². The molecule has 0 amide bonds. The minimum atomic E-state index is -0.387. The molecule has 3 rings (SSSR count). The van der Waals surface area contributed by atoms with Crippen molar-refractivity contribution in [2.45, 2.75) is 13.8 Å². The first-order valence-electron chi connectivity index (χ1n) is 8.65. The van der Waals surface area contributed by atoms with E-state index in [4.69, 9.17) is 22.1 Å². The fraction of sp³-hybridized carbons (Fsp3) is 0.150. The first-order chi connectivity index (χ1) is 13.5. The molecular formula is C20H20ClN5O2. The van der Waals surface area contributed by atoms with Gasteiger partial charge in [0, 0.05) is 16.4 Å². The van der Waals surface area contributed by atoms with Gasteiger partial charge < -0.3 is 21.1 Å². The van der Waals surface area contributed by atoms with Crippen molar-refractivity contribution in [1.29, 1.82) is 0 Å². The molecule has 3 aromatic rings. The van der Waals surface area contributed by atoms with Crippen LogP contribution in [0.15, 0.2) is 48.8 Å². The molecule has 0 unspecified atom stereocenters. The van der Waals surface area contributed by atoms with E-state index < -0.39 is 0 Å². The third-order valence-corrected chi connectivity index (χ3v) is 4.20. The topological polar surface area (TPSA) is 102 Å². The number of nitrogens with one attached hydrogen (secondary N) is 2. The number of halogens is 1.